The van der Waals surface area contributed by atoms with Crippen molar-refractivity contribution in [3.63, 3.8) is 0 Å². The van der Waals surface area contributed by atoms with Crippen molar-refractivity contribution in [1.82, 2.24) is 10.2 Å². The Morgan fingerprint density at radius 1 is 1.35 bits per heavy atom. The second kappa shape index (κ2) is 6.21. The summed E-state index contributed by atoms with van der Waals surface area (Å²) in [5.41, 5.74) is -1.94. The van der Waals surface area contributed by atoms with Crippen LogP contribution in [0.3, 0.4) is 0 Å². The molecule has 0 aliphatic carbocycles. The fourth-order valence-corrected chi connectivity index (χ4v) is 2.48. The van der Waals surface area contributed by atoms with Crippen LogP contribution in [0.4, 0.5) is 5.69 Å². The van der Waals surface area contributed by atoms with Crippen LogP contribution in [0, 0.1) is 10.1 Å². The highest BCUT2D eigenvalue weighted by atomic mass is 35.5. The van der Waals surface area contributed by atoms with E-state index in [0.29, 0.717) is 0 Å². The van der Waals surface area contributed by atoms with Crippen molar-refractivity contribution in [2.45, 2.75) is 13.0 Å². The molecule has 9 nitrogen and oxygen atoms in total. The van der Waals surface area contributed by atoms with Gasteiger partial charge in [0.2, 0.25) is 5.91 Å². The molecule has 23 heavy (non-hydrogen) atoms. The lowest BCUT2D eigenvalue weighted by Crippen LogP contribution is -2.60. The molecule has 2 amide bonds. The Kier molecular flexibility index (Phi) is 4.50. The van der Waals surface area contributed by atoms with Crippen molar-refractivity contribution < 1.29 is 24.4 Å². The average molecular weight is 342 g/mol. The molecule has 1 aliphatic heterocycles. The summed E-state index contributed by atoms with van der Waals surface area (Å²) in [7, 11) is 0. The van der Waals surface area contributed by atoms with Gasteiger partial charge in [-0.25, -0.2) is 4.79 Å². The van der Waals surface area contributed by atoms with Gasteiger partial charge < -0.3 is 15.3 Å². The Morgan fingerprint density at radius 3 is 2.43 bits per heavy atom. The summed E-state index contributed by atoms with van der Waals surface area (Å²) in [4.78, 5) is 46.2. The topological polar surface area (TPSA) is 130 Å². The summed E-state index contributed by atoms with van der Waals surface area (Å²) >= 11 is 5.86. The number of aromatic carboxylic acids is 1. The molecule has 0 spiro atoms. The van der Waals surface area contributed by atoms with Gasteiger partial charge in [-0.1, -0.05) is 11.6 Å². The normalized spacial score (nSPS) is 14.1. The third kappa shape index (κ3) is 3.24. The zero-order valence-electron chi connectivity index (χ0n) is 11.9. The van der Waals surface area contributed by atoms with E-state index in [9.17, 15) is 29.6 Å². The van der Waals surface area contributed by atoms with Crippen LogP contribution in [-0.4, -0.2) is 51.8 Å². The van der Waals surface area contributed by atoms with Gasteiger partial charge in [0.25, 0.3) is 11.6 Å². The summed E-state index contributed by atoms with van der Waals surface area (Å²) in [6.07, 6.45) is 0. The lowest BCUT2D eigenvalue weighted by molar-refractivity contribution is -0.385. The molecule has 10 heteroatoms. The maximum absolute atomic E-state index is 12.3. The summed E-state index contributed by atoms with van der Waals surface area (Å²) in [5.74, 6) is -2.59. The van der Waals surface area contributed by atoms with Gasteiger partial charge in [-0.15, -0.1) is 0 Å². The molecular weight excluding hydrogens is 330 g/mol. The summed E-state index contributed by atoms with van der Waals surface area (Å²) in [6.45, 7) is 1.96. The monoisotopic (exact) mass is 341 g/mol. The number of nitrogens with zero attached hydrogens (tertiary/aromatic N) is 2. The molecule has 1 fully saturated rings. The lowest BCUT2D eigenvalue weighted by Gasteiger charge is -2.38. The van der Waals surface area contributed by atoms with Crippen molar-refractivity contribution in [2.75, 3.05) is 13.1 Å². The lowest BCUT2D eigenvalue weighted by atomic mass is 10.0. The minimum Gasteiger partial charge on any atom is -0.477 e. The summed E-state index contributed by atoms with van der Waals surface area (Å²) in [5, 5.41) is 22.5. The molecular formula is C13H12ClN3O6. The van der Waals surface area contributed by atoms with Crippen LogP contribution in [0.1, 0.15) is 27.6 Å². The highest BCUT2D eigenvalue weighted by Gasteiger charge is 2.34. The smallest absolute Gasteiger partial charge is 0.343 e. The van der Waals surface area contributed by atoms with Crippen molar-refractivity contribution >= 4 is 35.1 Å². The van der Waals surface area contributed by atoms with E-state index in [1.54, 1.807) is 0 Å². The van der Waals surface area contributed by atoms with E-state index in [-0.39, 0.29) is 30.1 Å². The molecule has 0 radical (unpaired) electrons. The van der Waals surface area contributed by atoms with E-state index < -0.39 is 33.6 Å². The number of nitro benzene ring substituents is 1. The van der Waals surface area contributed by atoms with Crippen LogP contribution in [-0.2, 0) is 4.79 Å². The molecule has 2 N–H and O–H groups in total. The first kappa shape index (κ1) is 16.7. The average Bonchev–Trinajstić information content (AvgIpc) is 2.40. The number of carboxylic acids is 1. The molecule has 0 atom stereocenters. The first-order chi connectivity index (χ1) is 10.7. The molecule has 1 heterocycles. The Morgan fingerprint density at radius 2 is 1.96 bits per heavy atom. The number of benzene rings is 1. The molecule has 122 valence electrons. The fraction of sp³-hybridized carbons (Fsp3) is 0.308. The van der Waals surface area contributed by atoms with E-state index in [2.05, 4.69) is 5.32 Å². The number of amides is 2. The molecule has 1 aromatic carbocycles. The van der Waals surface area contributed by atoms with Crippen LogP contribution in [0.2, 0.25) is 5.02 Å². The Hall–Kier alpha value is -2.68. The summed E-state index contributed by atoms with van der Waals surface area (Å²) < 4.78 is 0. The summed E-state index contributed by atoms with van der Waals surface area (Å²) in [6, 6.07) is 1.68. The van der Waals surface area contributed by atoms with Crippen molar-refractivity contribution in [2.24, 2.45) is 0 Å². The number of hydrogen-bond acceptors (Lipinski definition) is 5. The highest BCUT2D eigenvalue weighted by Crippen LogP contribution is 2.29. The minimum absolute atomic E-state index is 0.143. The van der Waals surface area contributed by atoms with Crippen molar-refractivity contribution in [1.29, 1.82) is 0 Å². The van der Waals surface area contributed by atoms with Crippen LogP contribution in [0.5, 0.6) is 0 Å². The van der Waals surface area contributed by atoms with Crippen LogP contribution in [0.15, 0.2) is 12.1 Å². The van der Waals surface area contributed by atoms with Crippen molar-refractivity contribution in [3.05, 3.63) is 38.4 Å². The number of carboxylic acid groups (broad SMARTS) is 1. The molecule has 0 unspecified atom stereocenters. The SMILES string of the molecule is CC(=O)N1CC(NC(=O)c2c(Cl)ccc([N+](=O)[O-])c2C(=O)O)C1. The van der Waals surface area contributed by atoms with Gasteiger partial charge in [0, 0.05) is 26.1 Å². The number of nitro groups is 1. The second-order valence-electron chi connectivity index (χ2n) is 4.97. The Labute approximate surface area is 135 Å². The van der Waals surface area contributed by atoms with Gasteiger partial charge >= 0.3 is 5.97 Å². The largest absolute Gasteiger partial charge is 0.477 e. The maximum Gasteiger partial charge on any atom is 0.343 e. The third-order valence-electron chi connectivity index (χ3n) is 3.43. The quantitative estimate of drug-likeness (QED) is 0.618. The first-order valence-corrected chi connectivity index (χ1v) is 6.86. The predicted molar refractivity (Wildman–Crippen MR) is 78.6 cm³/mol. The standard InChI is InChI=1S/C13H12ClN3O6/c1-6(18)16-4-7(5-16)15-12(19)10-8(14)2-3-9(17(22)23)11(10)13(20)21/h2-3,7H,4-5H2,1H3,(H,15,19)(H,20,21). The zero-order chi connectivity index (χ0) is 17.3. The number of carbonyl (C=O) groups excluding carboxylic acids is 2. The number of carbonyl (C=O) groups is 3. The van der Waals surface area contributed by atoms with Gasteiger partial charge in [-0.3, -0.25) is 19.7 Å². The number of halogens is 1. The first-order valence-electron chi connectivity index (χ1n) is 6.49. The number of rotatable bonds is 4. The Bertz CT molecular complexity index is 714. The van der Waals surface area contributed by atoms with E-state index in [0.717, 1.165) is 12.1 Å². The molecule has 1 aromatic rings. The van der Waals surface area contributed by atoms with Gasteiger partial charge in [0.1, 0.15) is 0 Å². The van der Waals surface area contributed by atoms with E-state index in [1.807, 2.05) is 0 Å². The maximum atomic E-state index is 12.3. The fourth-order valence-electron chi connectivity index (χ4n) is 2.24. The number of nitrogens with one attached hydrogen (secondary N) is 1. The predicted octanol–water partition coefficient (Wildman–Crippen LogP) is 0.907. The van der Waals surface area contributed by atoms with E-state index in [4.69, 9.17) is 11.6 Å². The second-order valence-corrected chi connectivity index (χ2v) is 5.38. The number of likely N-dealkylation sites (tertiary alicyclic amines) is 1. The molecule has 1 saturated heterocycles. The molecule has 1 aliphatic rings. The van der Waals surface area contributed by atoms with Gasteiger partial charge in [0.05, 0.1) is 21.6 Å². The van der Waals surface area contributed by atoms with E-state index in [1.165, 1.54) is 11.8 Å². The van der Waals surface area contributed by atoms with Crippen LogP contribution >= 0.6 is 11.6 Å². The molecule has 0 aromatic heterocycles. The van der Waals surface area contributed by atoms with Gasteiger partial charge in [-0.05, 0) is 6.07 Å². The van der Waals surface area contributed by atoms with Gasteiger partial charge in [-0.2, -0.15) is 0 Å². The van der Waals surface area contributed by atoms with Crippen LogP contribution in [0.25, 0.3) is 0 Å². The molecule has 0 saturated carbocycles. The third-order valence-corrected chi connectivity index (χ3v) is 3.75. The molecule has 0 bridgehead atoms. The number of hydrogen-bond donors (Lipinski definition) is 2. The highest BCUT2D eigenvalue weighted by molar-refractivity contribution is 6.35. The zero-order valence-corrected chi connectivity index (χ0v) is 12.7. The minimum atomic E-state index is -1.62. The van der Waals surface area contributed by atoms with Crippen molar-refractivity contribution in [3.8, 4) is 0 Å². The van der Waals surface area contributed by atoms with Crippen LogP contribution < -0.4 is 5.32 Å². The molecule has 2 rings (SSSR count). The van der Waals surface area contributed by atoms with Gasteiger partial charge in [0.15, 0.2) is 5.56 Å². The Balaban J connectivity index is 2.30. The van der Waals surface area contributed by atoms with E-state index >= 15 is 0 Å².